The van der Waals surface area contributed by atoms with E-state index in [4.69, 9.17) is 4.74 Å². The van der Waals surface area contributed by atoms with E-state index in [1.165, 1.54) is 6.20 Å². The van der Waals surface area contributed by atoms with Crippen molar-refractivity contribution in [3.05, 3.63) is 34.8 Å². The lowest BCUT2D eigenvalue weighted by Crippen LogP contribution is -2.41. The lowest BCUT2D eigenvalue weighted by molar-refractivity contribution is -0.615. The molecule has 1 aromatic heterocycles. The highest BCUT2D eigenvalue weighted by molar-refractivity contribution is 5.68. The van der Waals surface area contributed by atoms with Gasteiger partial charge in [0, 0.05) is 18.2 Å². The Morgan fingerprint density at radius 2 is 2.24 bits per heavy atom. The maximum absolute atomic E-state index is 12.3. The zero-order valence-corrected chi connectivity index (χ0v) is 13.3. The van der Waals surface area contributed by atoms with Crippen molar-refractivity contribution in [3.8, 4) is 0 Å². The second-order valence-corrected chi connectivity index (χ2v) is 6.65. The monoisotopic (exact) mass is 292 g/mol. The highest BCUT2D eigenvalue weighted by atomic mass is 16.6. The van der Waals surface area contributed by atoms with Gasteiger partial charge in [0.2, 0.25) is 5.69 Å². The van der Waals surface area contributed by atoms with Crippen LogP contribution in [-0.4, -0.2) is 23.1 Å². The third kappa shape index (κ3) is 3.86. The van der Waals surface area contributed by atoms with E-state index in [1.807, 2.05) is 26.8 Å². The quantitative estimate of drug-likeness (QED) is 0.590. The fourth-order valence-corrected chi connectivity index (χ4v) is 2.59. The molecule has 0 N–H and O–H groups in total. The fourth-order valence-electron chi connectivity index (χ4n) is 2.59. The van der Waals surface area contributed by atoms with Gasteiger partial charge in [-0.05, 0) is 39.2 Å². The SMILES string of the molecule is CC[C@H]1Cc2ccc[n+]([O-])c2CN(C(=O)OC(C)(C)C)C1. The largest absolute Gasteiger partial charge is 0.618 e. The Bertz CT molecular complexity index is 523. The molecule has 0 fully saturated rings. The maximum atomic E-state index is 12.3. The van der Waals surface area contributed by atoms with E-state index in [9.17, 15) is 10.0 Å². The predicted octanol–water partition coefficient (Wildman–Crippen LogP) is 2.64. The average Bonchev–Trinajstić information content (AvgIpc) is 2.57. The number of nitrogens with zero attached hydrogens (tertiary/aromatic N) is 2. The summed E-state index contributed by atoms with van der Waals surface area (Å²) in [5.41, 5.74) is 1.16. The molecule has 5 heteroatoms. The molecule has 0 unspecified atom stereocenters. The first-order valence-electron chi connectivity index (χ1n) is 7.48. The summed E-state index contributed by atoms with van der Waals surface area (Å²) in [6.45, 7) is 8.59. The van der Waals surface area contributed by atoms with Crippen LogP contribution in [0.25, 0.3) is 0 Å². The Hall–Kier alpha value is -1.78. The van der Waals surface area contributed by atoms with E-state index in [1.54, 1.807) is 11.0 Å². The van der Waals surface area contributed by atoms with Crippen molar-refractivity contribution < 1.29 is 14.3 Å². The molecule has 0 saturated heterocycles. The Morgan fingerprint density at radius 1 is 1.52 bits per heavy atom. The number of aromatic nitrogens is 1. The van der Waals surface area contributed by atoms with Crippen LogP contribution in [0, 0.1) is 11.1 Å². The number of carbonyl (C=O) groups excluding carboxylic acids is 1. The molecule has 0 saturated carbocycles. The lowest BCUT2D eigenvalue weighted by Gasteiger charge is -2.27. The van der Waals surface area contributed by atoms with Gasteiger partial charge in [-0.15, -0.1) is 0 Å². The van der Waals surface area contributed by atoms with Crippen molar-refractivity contribution in [2.24, 2.45) is 5.92 Å². The highest BCUT2D eigenvalue weighted by Gasteiger charge is 2.31. The van der Waals surface area contributed by atoms with Crippen LogP contribution in [-0.2, 0) is 17.7 Å². The average molecular weight is 292 g/mol. The molecule has 1 amide bonds. The van der Waals surface area contributed by atoms with E-state index in [0.717, 1.165) is 23.1 Å². The van der Waals surface area contributed by atoms with Crippen LogP contribution in [0.5, 0.6) is 0 Å². The minimum absolute atomic E-state index is 0.311. The summed E-state index contributed by atoms with van der Waals surface area (Å²) < 4.78 is 6.32. The van der Waals surface area contributed by atoms with Crippen LogP contribution in [0.3, 0.4) is 0 Å². The van der Waals surface area contributed by atoms with Crippen molar-refractivity contribution in [3.63, 3.8) is 0 Å². The zero-order chi connectivity index (χ0) is 15.6. The van der Waals surface area contributed by atoms with Crippen LogP contribution < -0.4 is 4.73 Å². The Labute approximate surface area is 126 Å². The van der Waals surface area contributed by atoms with E-state index < -0.39 is 5.60 Å². The highest BCUT2D eigenvalue weighted by Crippen LogP contribution is 2.23. The first-order valence-corrected chi connectivity index (χ1v) is 7.48. The molecule has 0 bridgehead atoms. The van der Waals surface area contributed by atoms with Crippen LogP contribution in [0.4, 0.5) is 4.79 Å². The molecule has 0 aromatic carbocycles. The van der Waals surface area contributed by atoms with E-state index in [-0.39, 0.29) is 6.09 Å². The smallest absolute Gasteiger partial charge is 0.410 e. The van der Waals surface area contributed by atoms with Gasteiger partial charge in [-0.25, -0.2) is 4.79 Å². The Morgan fingerprint density at radius 3 is 2.86 bits per heavy atom. The van der Waals surface area contributed by atoms with Crippen LogP contribution in [0.15, 0.2) is 18.3 Å². The molecule has 0 aliphatic carbocycles. The van der Waals surface area contributed by atoms with Gasteiger partial charge in [-0.2, -0.15) is 4.73 Å². The summed E-state index contributed by atoms with van der Waals surface area (Å²) in [7, 11) is 0. The minimum Gasteiger partial charge on any atom is -0.618 e. The summed E-state index contributed by atoms with van der Waals surface area (Å²) in [6.07, 6.45) is 2.93. The second-order valence-electron chi connectivity index (χ2n) is 6.65. The summed E-state index contributed by atoms with van der Waals surface area (Å²) in [5, 5.41) is 12.0. The molecule has 5 nitrogen and oxygen atoms in total. The zero-order valence-electron chi connectivity index (χ0n) is 13.3. The van der Waals surface area contributed by atoms with Gasteiger partial charge in [0.05, 0.1) is 0 Å². The molecular weight excluding hydrogens is 268 g/mol. The van der Waals surface area contributed by atoms with Gasteiger partial charge >= 0.3 is 6.09 Å². The fraction of sp³-hybridized carbons (Fsp3) is 0.625. The van der Waals surface area contributed by atoms with Crippen molar-refractivity contribution in [2.45, 2.75) is 52.7 Å². The Balaban J connectivity index is 2.27. The second kappa shape index (κ2) is 5.92. The van der Waals surface area contributed by atoms with Gasteiger partial charge in [0.25, 0.3) is 0 Å². The molecule has 1 aromatic rings. The molecule has 1 aliphatic heterocycles. The normalized spacial score (nSPS) is 18.9. The van der Waals surface area contributed by atoms with Gasteiger partial charge in [0.15, 0.2) is 6.20 Å². The molecule has 1 atom stereocenters. The van der Waals surface area contributed by atoms with Crippen molar-refractivity contribution in [2.75, 3.05) is 6.54 Å². The van der Waals surface area contributed by atoms with E-state index in [0.29, 0.717) is 24.7 Å². The first-order chi connectivity index (χ1) is 9.80. The van der Waals surface area contributed by atoms with Crippen molar-refractivity contribution in [1.82, 2.24) is 4.90 Å². The van der Waals surface area contributed by atoms with Crippen molar-refractivity contribution >= 4 is 6.09 Å². The third-order valence-electron chi connectivity index (χ3n) is 3.71. The predicted molar refractivity (Wildman–Crippen MR) is 79.5 cm³/mol. The van der Waals surface area contributed by atoms with Crippen LogP contribution in [0.2, 0.25) is 0 Å². The molecular formula is C16H24N2O3. The molecule has 0 spiro atoms. The van der Waals surface area contributed by atoms with Crippen LogP contribution in [0.1, 0.15) is 45.4 Å². The topological polar surface area (TPSA) is 56.5 Å². The molecule has 1 aliphatic rings. The van der Waals surface area contributed by atoms with Gasteiger partial charge in [-0.3, -0.25) is 4.90 Å². The summed E-state index contributed by atoms with van der Waals surface area (Å²) >= 11 is 0. The molecule has 2 heterocycles. The minimum atomic E-state index is -0.530. The van der Waals surface area contributed by atoms with Crippen LogP contribution >= 0.6 is 0 Å². The lowest BCUT2D eigenvalue weighted by atomic mass is 9.97. The van der Waals surface area contributed by atoms with E-state index >= 15 is 0 Å². The van der Waals surface area contributed by atoms with Gasteiger partial charge < -0.3 is 9.94 Å². The maximum Gasteiger partial charge on any atom is 0.410 e. The number of amides is 1. The number of hydrogen-bond acceptors (Lipinski definition) is 3. The number of ether oxygens (including phenoxy) is 1. The molecule has 0 radical (unpaired) electrons. The number of fused-ring (bicyclic) bond motifs is 1. The number of hydrogen-bond donors (Lipinski definition) is 0. The third-order valence-corrected chi connectivity index (χ3v) is 3.71. The summed E-state index contributed by atoms with van der Waals surface area (Å²) in [4.78, 5) is 14.0. The summed E-state index contributed by atoms with van der Waals surface area (Å²) in [6, 6.07) is 3.74. The molecule has 21 heavy (non-hydrogen) atoms. The molecule has 2 rings (SSSR count). The van der Waals surface area contributed by atoms with E-state index in [2.05, 4.69) is 6.92 Å². The number of pyridine rings is 1. The Kier molecular flexibility index (Phi) is 4.40. The summed E-state index contributed by atoms with van der Waals surface area (Å²) in [5.74, 6) is 0.348. The van der Waals surface area contributed by atoms with Crippen molar-refractivity contribution in [1.29, 1.82) is 0 Å². The van der Waals surface area contributed by atoms with Gasteiger partial charge in [0.1, 0.15) is 12.1 Å². The number of carbonyl (C=O) groups is 1. The number of rotatable bonds is 1. The first kappa shape index (κ1) is 15.6. The molecule has 116 valence electrons. The van der Waals surface area contributed by atoms with Gasteiger partial charge in [-0.1, -0.05) is 13.3 Å². The standard InChI is InChI=1S/C16H24N2O3/c1-5-12-9-13-7-6-8-18(20)14(13)11-17(10-12)15(19)21-16(2,3)4/h6-8,12H,5,9-11H2,1-4H3/t12-/m0/s1.